The maximum absolute atomic E-state index is 14.0. The number of halogens is 3. The van der Waals surface area contributed by atoms with Crippen LogP contribution in [0.15, 0.2) is 30.3 Å². The molecule has 0 aliphatic carbocycles. The molecule has 0 atom stereocenters. The van der Waals surface area contributed by atoms with Gasteiger partial charge in [-0.05, 0) is 12.1 Å². The van der Waals surface area contributed by atoms with Crippen molar-refractivity contribution in [3.05, 3.63) is 53.3 Å². The molecule has 136 valence electrons. The minimum atomic E-state index is -1.53. The van der Waals surface area contributed by atoms with Gasteiger partial charge in [-0.25, -0.2) is 18.2 Å². The Labute approximate surface area is 146 Å². The van der Waals surface area contributed by atoms with Crippen LogP contribution in [0.2, 0.25) is 0 Å². The van der Waals surface area contributed by atoms with Crippen LogP contribution in [0.1, 0.15) is 10.4 Å². The van der Waals surface area contributed by atoms with E-state index >= 15 is 0 Å². The summed E-state index contributed by atoms with van der Waals surface area (Å²) >= 11 is 0. The van der Waals surface area contributed by atoms with Gasteiger partial charge in [-0.1, -0.05) is 12.1 Å². The van der Waals surface area contributed by atoms with Crippen LogP contribution in [0, 0.1) is 17.5 Å². The Morgan fingerprint density at radius 1 is 1.27 bits per heavy atom. The van der Waals surface area contributed by atoms with E-state index < -0.39 is 34.6 Å². The van der Waals surface area contributed by atoms with E-state index in [1.165, 1.54) is 7.11 Å². The van der Waals surface area contributed by atoms with Crippen molar-refractivity contribution in [3.63, 3.8) is 0 Å². The minimum Gasteiger partial charge on any atom is -0.396 e. The molecule has 0 saturated heterocycles. The molecule has 0 bridgehead atoms. The third kappa shape index (κ3) is 3.08. The molecule has 0 aliphatic heterocycles. The van der Waals surface area contributed by atoms with Gasteiger partial charge >= 0.3 is 0 Å². The van der Waals surface area contributed by atoms with Crippen molar-refractivity contribution in [2.75, 3.05) is 24.8 Å². The Morgan fingerprint density at radius 2 is 2.00 bits per heavy atom. The third-order valence-corrected chi connectivity index (χ3v) is 3.84. The van der Waals surface area contributed by atoms with Gasteiger partial charge in [0, 0.05) is 19.7 Å². The molecule has 0 spiro atoms. The average Bonchev–Trinajstić information content (AvgIpc) is 2.95. The summed E-state index contributed by atoms with van der Waals surface area (Å²) in [6.45, 7) is 0.677. The molecule has 1 aromatic heterocycles. The Bertz CT molecular complexity index is 962. The highest BCUT2D eigenvalue weighted by molar-refractivity contribution is 6.07. The Balaban J connectivity index is 2.03. The number of ether oxygens (including phenoxy) is 1. The van der Waals surface area contributed by atoms with Gasteiger partial charge in [-0.2, -0.15) is 0 Å². The fourth-order valence-corrected chi connectivity index (χ4v) is 2.58. The predicted molar refractivity (Wildman–Crippen MR) is 90.3 cm³/mol. The zero-order valence-corrected chi connectivity index (χ0v) is 13.7. The monoisotopic (exact) mass is 364 g/mol. The van der Waals surface area contributed by atoms with Gasteiger partial charge in [0.25, 0.3) is 5.91 Å². The molecule has 1 amide bonds. The Morgan fingerprint density at radius 3 is 2.73 bits per heavy atom. The molecule has 3 aromatic rings. The average molecular weight is 364 g/mol. The number of fused-ring (bicyclic) bond motifs is 1. The molecule has 0 radical (unpaired) electrons. The van der Waals surface area contributed by atoms with Gasteiger partial charge < -0.3 is 15.0 Å². The third-order valence-electron chi connectivity index (χ3n) is 3.84. The van der Waals surface area contributed by atoms with Crippen molar-refractivity contribution >= 4 is 28.6 Å². The molecule has 0 aliphatic rings. The summed E-state index contributed by atoms with van der Waals surface area (Å²) in [7, 11) is 1.52. The second-order valence-electron chi connectivity index (χ2n) is 5.47. The van der Waals surface area contributed by atoms with E-state index in [4.69, 9.17) is 10.5 Å². The van der Waals surface area contributed by atoms with Crippen molar-refractivity contribution in [1.29, 1.82) is 0 Å². The number of rotatable bonds is 5. The lowest BCUT2D eigenvalue weighted by Crippen LogP contribution is -2.21. The molecule has 1 heterocycles. The van der Waals surface area contributed by atoms with Crippen molar-refractivity contribution in [2.45, 2.75) is 6.54 Å². The van der Waals surface area contributed by atoms with Crippen molar-refractivity contribution in [1.82, 2.24) is 9.55 Å². The number of nitrogen functional groups attached to an aromatic ring is 1. The van der Waals surface area contributed by atoms with E-state index in [0.717, 1.165) is 0 Å². The van der Waals surface area contributed by atoms with Crippen LogP contribution < -0.4 is 11.1 Å². The molecule has 2 aromatic carbocycles. The van der Waals surface area contributed by atoms with Gasteiger partial charge in [0.05, 0.1) is 23.3 Å². The quantitative estimate of drug-likeness (QED) is 0.539. The lowest BCUT2D eigenvalue weighted by atomic mass is 10.1. The maximum atomic E-state index is 14.0. The second-order valence-corrected chi connectivity index (χ2v) is 5.47. The Hall–Kier alpha value is -3.07. The minimum absolute atomic E-state index is 0.0803. The van der Waals surface area contributed by atoms with Crippen LogP contribution in [-0.2, 0) is 11.3 Å². The number of nitrogens with zero attached hydrogens (tertiary/aromatic N) is 2. The van der Waals surface area contributed by atoms with E-state index in [9.17, 15) is 18.0 Å². The topological polar surface area (TPSA) is 82.2 Å². The zero-order chi connectivity index (χ0) is 18.8. The number of hydrogen-bond donors (Lipinski definition) is 2. The van der Waals surface area contributed by atoms with Crippen LogP contribution in [-0.4, -0.2) is 29.2 Å². The highest BCUT2D eigenvalue weighted by atomic mass is 19.2. The SMILES string of the molecule is COCCn1c(NC(=O)c2c(N)c(F)cc(F)c2F)nc2ccccc21. The van der Waals surface area contributed by atoms with Gasteiger partial charge in [-0.3, -0.25) is 10.1 Å². The van der Waals surface area contributed by atoms with Crippen LogP contribution in [0.25, 0.3) is 11.0 Å². The van der Waals surface area contributed by atoms with E-state index in [0.29, 0.717) is 24.2 Å². The highest BCUT2D eigenvalue weighted by Crippen LogP contribution is 2.25. The van der Waals surface area contributed by atoms with Crippen molar-refractivity contribution in [2.24, 2.45) is 0 Å². The lowest BCUT2D eigenvalue weighted by Gasteiger charge is -2.12. The maximum Gasteiger partial charge on any atom is 0.263 e. The predicted octanol–water partition coefficient (Wildman–Crippen LogP) is 2.93. The first kappa shape index (κ1) is 17.7. The number of benzene rings is 2. The molecule has 0 fully saturated rings. The fourth-order valence-electron chi connectivity index (χ4n) is 2.58. The van der Waals surface area contributed by atoms with Crippen LogP contribution >= 0.6 is 0 Å². The highest BCUT2D eigenvalue weighted by Gasteiger charge is 2.24. The van der Waals surface area contributed by atoms with Gasteiger partial charge in [0.2, 0.25) is 5.95 Å². The number of carbonyl (C=O) groups is 1. The summed E-state index contributed by atoms with van der Waals surface area (Å²) < 4.78 is 47.7. The lowest BCUT2D eigenvalue weighted by molar-refractivity contribution is 0.102. The van der Waals surface area contributed by atoms with Crippen molar-refractivity contribution < 1.29 is 22.7 Å². The number of nitrogens with one attached hydrogen (secondary N) is 1. The molecule has 9 heteroatoms. The summed E-state index contributed by atoms with van der Waals surface area (Å²) in [4.78, 5) is 16.7. The fraction of sp³-hybridized carbons (Fsp3) is 0.176. The van der Waals surface area contributed by atoms with Gasteiger partial charge in [-0.15, -0.1) is 0 Å². The first-order valence-corrected chi connectivity index (χ1v) is 7.62. The zero-order valence-electron chi connectivity index (χ0n) is 13.7. The molecule has 26 heavy (non-hydrogen) atoms. The number of methoxy groups -OCH3 is 1. The summed E-state index contributed by atoms with van der Waals surface area (Å²) in [6.07, 6.45) is 0. The standard InChI is InChI=1S/C17H15F3N4O2/c1-26-7-6-24-12-5-3-2-4-11(12)22-17(24)23-16(25)13-14(20)9(18)8-10(19)15(13)21/h2-5,8H,6-7,21H2,1H3,(H,22,23,25). The molecule has 3 N–H and O–H groups in total. The largest absolute Gasteiger partial charge is 0.396 e. The molecular weight excluding hydrogens is 349 g/mol. The van der Waals surface area contributed by atoms with Crippen LogP contribution in [0.4, 0.5) is 24.8 Å². The first-order chi connectivity index (χ1) is 12.4. The second kappa shape index (κ2) is 7.04. The van der Waals surface area contributed by atoms with E-state index in [2.05, 4.69) is 10.3 Å². The number of hydrogen-bond acceptors (Lipinski definition) is 4. The summed E-state index contributed by atoms with van der Waals surface area (Å²) in [5.41, 5.74) is 5.01. The summed E-state index contributed by atoms with van der Waals surface area (Å²) in [5.74, 6) is -5.28. The number of para-hydroxylation sites is 2. The molecule has 0 unspecified atom stereocenters. The Kier molecular flexibility index (Phi) is 4.81. The molecule has 0 saturated carbocycles. The number of imidazole rings is 1. The van der Waals surface area contributed by atoms with Crippen molar-refractivity contribution in [3.8, 4) is 0 Å². The van der Waals surface area contributed by atoms with Gasteiger partial charge in [0.1, 0.15) is 11.4 Å². The number of amides is 1. The molecule has 3 rings (SSSR count). The first-order valence-electron chi connectivity index (χ1n) is 7.62. The number of anilines is 2. The number of carbonyl (C=O) groups excluding carboxylic acids is 1. The summed E-state index contributed by atoms with van der Waals surface area (Å²) in [6, 6.07) is 7.35. The smallest absolute Gasteiger partial charge is 0.263 e. The van der Waals surface area contributed by atoms with Crippen LogP contribution in [0.3, 0.4) is 0 Å². The summed E-state index contributed by atoms with van der Waals surface area (Å²) in [5, 5.41) is 2.37. The van der Waals surface area contributed by atoms with E-state index in [1.54, 1.807) is 28.8 Å². The van der Waals surface area contributed by atoms with E-state index in [-0.39, 0.29) is 12.0 Å². The van der Waals surface area contributed by atoms with E-state index in [1.807, 2.05) is 0 Å². The van der Waals surface area contributed by atoms with Gasteiger partial charge in [0.15, 0.2) is 11.6 Å². The molecule has 6 nitrogen and oxygen atoms in total. The number of nitrogens with two attached hydrogens (primary N) is 1. The number of aromatic nitrogens is 2. The normalized spacial score (nSPS) is 11.1. The van der Waals surface area contributed by atoms with Crippen LogP contribution in [0.5, 0.6) is 0 Å². The molecular formula is C17H15F3N4O2.